The van der Waals surface area contributed by atoms with Crippen LogP contribution in [0.1, 0.15) is 22.8 Å². The minimum Gasteiger partial charge on any atom is -0.291 e. The molecule has 27 heavy (non-hydrogen) atoms. The van der Waals surface area contributed by atoms with Gasteiger partial charge in [0.25, 0.3) is 0 Å². The third-order valence-electron chi connectivity index (χ3n) is 4.21. The molecular formula is C19H17ClFN5O. The van der Waals surface area contributed by atoms with E-state index < -0.39 is 0 Å². The van der Waals surface area contributed by atoms with Crippen LogP contribution in [0.15, 0.2) is 47.5 Å². The molecule has 6 nitrogen and oxygen atoms in total. The van der Waals surface area contributed by atoms with E-state index in [1.54, 1.807) is 31.3 Å². The van der Waals surface area contributed by atoms with E-state index in [-0.39, 0.29) is 12.4 Å². The number of nitrogens with zero attached hydrogens (tertiary/aromatic N) is 5. The van der Waals surface area contributed by atoms with Gasteiger partial charge in [-0.15, -0.1) is 10.2 Å². The highest BCUT2D eigenvalue weighted by Gasteiger charge is 2.24. The van der Waals surface area contributed by atoms with Crippen molar-refractivity contribution in [3.05, 3.63) is 76.1 Å². The highest BCUT2D eigenvalue weighted by atomic mass is 35.5. The van der Waals surface area contributed by atoms with Crippen molar-refractivity contribution in [2.24, 2.45) is 4.99 Å². The molecule has 0 saturated carbocycles. The maximum absolute atomic E-state index is 14.1. The number of hydrogen-bond acceptors (Lipinski definition) is 5. The number of aromatic nitrogens is 3. The SMILES string of the molecule is CN(C)OCc1nnc2n1-c1ccc(F)cc1C(c1ccccc1Cl)=NC2. The van der Waals surface area contributed by atoms with E-state index in [4.69, 9.17) is 16.4 Å². The van der Waals surface area contributed by atoms with E-state index in [2.05, 4.69) is 15.2 Å². The van der Waals surface area contributed by atoms with Crippen LogP contribution in [-0.4, -0.2) is 39.6 Å². The summed E-state index contributed by atoms with van der Waals surface area (Å²) in [5, 5.41) is 10.6. The Hall–Kier alpha value is -2.61. The largest absolute Gasteiger partial charge is 0.291 e. The van der Waals surface area contributed by atoms with Crippen molar-refractivity contribution in [2.45, 2.75) is 13.2 Å². The molecule has 0 bridgehead atoms. The molecule has 0 N–H and O–H groups in total. The summed E-state index contributed by atoms with van der Waals surface area (Å²) in [6, 6.07) is 12.0. The first kappa shape index (κ1) is 17.8. The molecule has 0 fully saturated rings. The Morgan fingerprint density at radius 3 is 2.74 bits per heavy atom. The lowest BCUT2D eigenvalue weighted by Gasteiger charge is -2.15. The predicted molar refractivity (Wildman–Crippen MR) is 101 cm³/mol. The molecule has 3 aromatic rings. The highest BCUT2D eigenvalue weighted by Crippen LogP contribution is 2.29. The average molecular weight is 386 g/mol. The van der Waals surface area contributed by atoms with Crippen LogP contribution in [-0.2, 0) is 18.0 Å². The maximum atomic E-state index is 14.1. The lowest BCUT2D eigenvalue weighted by atomic mass is 10.00. The quantitative estimate of drug-likeness (QED) is 0.646. The van der Waals surface area contributed by atoms with E-state index >= 15 is 0 Å². The van der Waals surface area contributed by atoms with Crippen LogP contribution in [0, 0.1) is 5.82 Å². The van der Waals surface area contributed by atoms with Gasteiger partial charge in [-0.2, -0.15) is 5.06 Å². The minimum absolute atomic E-state index is 0.234. The molecule has 0 radical (unpaired) electrons. The normalized spacial score (nSPS) is 13.1. The Bertz CT molecular complexity index is 1030. The summed E-state index contributed by atoms with van der Waals surface area (Å²) in [6.07, 6.45) is 0. The number of benzene rings is 2. The van der Waals surface area contributed by atoms with Gasteiger partial charge < -0.3 is 0 Å². The van der Waals surface area contributed by atoms with Crippen molar-refractivity contribution in [1.29, 1.82) is 0 Å². The zero-order valence-electron chi connectivity index (χ0n) is 14.9. The van der Waals surface area contributed by atoms with Gasteiger partial charge in [0.2, 0.25) is 0 Å². The number of fused-ring (bicyclic) bond motifs is 3. The highest BCUT2D eigenvalue weighted by molar-refractivity contribution is 6.35. The topological polar surface area (TPSA) is 55.5 Å². The molecule has 1 aliphatic heterocycles. The fraction of sp³-hybridized carbons (Fsp3) is 0.211. The second-order valence-corrected chi connectivity index (χ2v) is 6.67. The van der Waals surface area contributed by atoms with E-state index in [1.165, 1.54) is 12.1 Å². The summed E-state index contributed by atoms with van der Waals surface area (Å²) >= 11 is 6.38. The molecule has 0 unspecified atom stereocenters. The molecule has 8 heteroatoms. The molecule has 0 atom stereocenters. The molecule has 2 aromatic carbocycles. The van der Waals surface area contributed by atoms with Crippen LogP contribution in [0.4, 0.5) is 4.39 Å². The lowest BCUT2D eigenvalue weighted by Crippen LogP contribution is -2.16. The van der Waals surface area contributed by atoms with Crippen molar-refractivity contribution in [1.82, 2.24) is 19.8 Å². The van der Waals surface area contributed by atoms with Gasteiger partial charge in [-0.3, -0.25) is 14.4 Å². The summed E-state index contributed by atoms with van der Waals surface area (Å²) in [7, 11) is 3.59. The second-order valence-electron chi connectivity index (χ2n) is 6.26. The fourth-order valence-corrected chi connectivity index (χ4v) is 3.25. The van der Waals surface area contributed by atoms with Gasteiger partial charge in [-0.25, -0.2) is 4.39 Å². The molecule has 0 spiro atoms. The monoisotopic (exact) mass is 385 g/mol. The molecule has 0 amide bonds. The molecule has 1 aliphatic rings. The van der Waals surface area contributed by atoms with Gasteiger partial charge in [-0.1, -0.05) is 29.8 Å². The van der Waals surface area contributed by atoms with Crippen LogP contribution < -0.4 is 0 Å². The molecule has 0 aliphatic carbocycles. The number of hydrogen-bond donors (Lipinski definition) is 0. The van der Waals surface area contributed by atoms with Crippen molar-refractivity contribution in [2.75, 3.05) is 14.1 Å². The fourth-order valence-electron chi connectivity index (χ4n) is 3.03. The van der Waals surface area contributed by atoms with Crippen LogP contribution in [0.2, 0.25) is 5.02 Å². The third-order valence-corrected chi connectivity index (χ3v) is 4.54. The number of hydroxylamine groups is 2. The Kier molecular flexibility index (Phi) is 4.73. The van der Waals surface area contributed by atoms with Crippen LogP contribution in [0.5, 0.6) is 0 Å². The van der Waals surface area contributed by atoms with Gasteiger partial charge in [-0.05, 0) is 24.3 Å². The zero-order chi connectivity index (χ0) is 19.0. The van der Waals surface area contributed by atoms with Gasteiger partial charge in [0.05, 0.1) is 11.4 Å². The summed E-state index contributed by atoms with van der Waals surface area (Å²) < 4.78 is 16.0. The van der Waals surface area contributed by atoms with E-state index in [9.17, 15) is 4.39 Å². The van der Waals surface area contributed by atoms with Gasteiger partial charge in [0, 0.05) is 30.2 Å². The van der Waals surface area contributed by atoms with Crippen molar-refractivity contribution >= 4 is 17.3 Å². The Morgan fingerprint density at radius 2 is 1.96 bits per heavy atom. The molecular weight excluding hydrogens is 369 g/mol. The number of rotatable bonds is 4. The van der Waals surface area contributed by atoms with Crippen molar-refractivity contribution in [3.8, 4) is 5.69 Å². The predicted octanol–water partition coefficient (Wildman–Crippen LogP) is 3.40. The number of aliphatic imine (C=N–C) groups is 1. The maximum Gasteiger partial charge on any atom is 0.165 e. The minimum atomic E-state index is -0.351. The van der Waals surface area contributed by atoms with Crippen molar-refractivity contribution < 1.29 is 9.23 Å². The average Bonchev–Trinajstić information content (AvgIpc) is 2.97. The van der Waals surface area contributed by atoms with E-state index in [1.807, 2.05) is 22.8 Å². The summed E-state index contributed by atoms with van der Waals surface area (Å²) in [5.41, 5.74) is 2.74. The standard InChI is InChI=1S/C19H17ClFN5O/c1-25(2)27-11-18-24-23-17-10-22-19(13-5-3-4-6-15(13)20)14-9-12(21)7-8-16(14)26(17)18/h3-9H,10-11H2,1-2H3. The molecule has 4 rings (SSSR count). The summed E-state index contributed by atoms with van der Waals surface area (Å²) in [4.78, 5) is 10.2. The van der Waals surface area contributed by atoms with Gasteiger partial charge in [0.15, 0.2) is 11.6 Å². The summed E-state index contributed by atoms with van der Waals surface area (Å²) in [6.45, 7) is 0.532. The van der Waals surface area contributed by atoms with E-state index in [0.29, 0.717) is 34.5 Å². The van der Waals surface area contributed by atoms with Crippen molar-refractivity contribution in [3.63, 3.8) is 0 Å². The van der Waals surface area contributed by atoms with Gasteiger partial charge in [0.1, 0.15) is 19.0 Å². The van der Waals surface area contributed by atoms with Crippen LogP contribution in [0.3, 0.4) is 0 Å². The van der Waals surface area contributed by atoms with Gasteiger partial charge >= 0.3 is 0 Å². The lowest BCUT2D eigenvalue weighted by molar-refractivity contribution is -0.133. The molecule has 1 aromatic heterocycles. The second kappa shape index (κ2) is 7.19. The smallest absolute Gasteiger partial charge is 0.165 e. The summed E-state index contributed by atoms with van der Waals surface area (Å²) in [5.74, 6) is 0.917. The molecule has 0 saturated heterocycles. The Morgan fingerprint density at radius 1 is 1.15 bits per heavy atom. The first-order valence-electron chi connectivity index (χ1n) is 8.37. The molecule has 2 heterocycles. The Labute approximate surface area is 160 Å². The van der Waals surface area contributed by atoms with Crippen LogP contribution in [0.25, 0.3) is 5.69 Å². The Balaban J connectivity index is 1.89. The third kappa shape index (κ3) is 3.37. The molecule has 138 valence electrons. The van der Waals surface area contributed by atoms with Crippen LogP contribution >= 0.6 is 11.6 Å². The number of halogens is 2. The van der Waals surface area contributed by atoms with E-state index in [0.717, 1.165) is 11.3 Å². The first-order chi connectivity index (χ1) is 13.0. The first-order valence-corrected chi connectivity index (χ1v) is 8.75. The zero-order valence-corrected chi connectivity index (χ0v) is 15.6.